The van der Waals surface area contributed by atoms with E-state index in [-0.39, 0.29) is 17.8 Å². The third-order valence-electron chi connectivity index (χ3n) is 3.66. The molecular formula is C15H18BrNO3. The number of hydrogen-bond donors (Lipinski definition) is 0. The number of hydrogen-bond acceptors (Lipinski definition) is 3. The predicted octanol–water partition coefficient (Wildman–Crippen LogP) is 2.78. The third kappa shape index (κ3) is 3.20. The molecule has 1 aliphatic rings. The Morgan fingerprint density at radius 2 is 2.15 bits per heavy atom. The number of aryl methyl sites for hydroxylation is 1. The molecule has 20 heavy (non-hydrogen) atoms. The lowest BCUT2D eigenvalue weighted by molar-refractivity contribution is -0.146. The Hall–Kier alpha value is -1.36. The molecule has 1 atom stereocenters. The zero-order chi connectivity index (χ0) is 14.7. The van der Waals surface area contributed by atoms with E-state index in [0.29, 0.717) is 18.7 Å². The Labute approximate surface area is 127 Å². The van der Waals surface area contributed by atoms with Crippen molar-refractivity contribution in [1.29, 1.82) is 0 Å². The van der Waals surface area contributed by atoms with E-state index in [1.807, 2.05) is 25.1 Å². The summed E-state index contributed by atoms with van der Waals surface area (Å²) in [7, 11) is 1.39. The van der Waals surface area contributed by atoms with Crippen molar-refractivity contribution in [3.05, 3.63) is 33.8 Å². The number of carbonyl (C=O) groups excluding carboxylic acids is 2. The Kier molecular flexibility index (Phi) is 4.81. The number of ether oxygens (including phenoxy) is 1. The summed E-state index contributed by atoms with van der Waals surface area (Å²) in [5.41, 5.74) is 1.74. The monoisotopic (exact) mass is 339 g/mol. The van der Waals surface area contributed by atoms with Gasteiger partial charge in [-0.05, 0) is 37.5 Å². The fourth-order valence-corrected chi connectivity index (χ4v) is 2.81. The Morgan fingerprint density at radius 3 is 2.80 bits per heavy atom. The molecular weight excluding hydrogens is 322 g/mol. The number of piperidine rings is 1. The predicted molar refractivity (Wildman–Crippen MR) is 79.5 cm³/mol. The van der Waals surface area contributed by atoms with Crippen molar-refractivity contribution >= 4 is 27.8 Å². The van der Waals surface area contributed by atoms with Gasteiger partial charge < -0.3 is 9.64 Å². The SMILES string of the molecule is COC(=O)C1CCCN(C(=O)c2ccc(C)c(Br)c2)C1. The molecule has 5 heteroatoms. The molecule has 0 radical (unpaired) electrons. The first kappa shape index (κ1) is 15.0. The van der Waals surface area contributed by atoms with Crippen molar-refractivity contribution < 1.29 is 14.3 Å². The van der Waals surface area contributed by atoms with Gasteiger partial charge in [-0.1, -0.05) is 22.0 Å². The van der Waals surface area contributed by atoms with Gasteiger partial charge in [0.15, 0.2) is 0 Å². The molecule has 2 rings (SSSR count). The molecule has 0 saturated carbocycles. The van der Waals surface area contributed by atoms with Crippen LogP contribution >= 0.6 is 15.9 Å². The summed E-state index contributed by atoms with van der Waals surface area (Å²) >= 11 is 3.44. The van der Waals surface area contributed by atoms with Crippen LogP contribution in [0, 0.1) is 12.8 Å². The van der Waals surface area contributed by atoms with E-state index in [2.05, 4.69) is 15.9 Å². The molecule has 0 aliphatic carbocycles. The van der Waals surface area contributed by atoms with Crippen LogP contribution in [0.15, 0.2) is 22.7 Å². The summed E-state index contributed by atoms with van der Waals surface area (Å²) in [5.74, 6) is -0.460. The second-order valence-electron chi connectivity index (χ2n) is 5.08. The summed E-state index contributed by atoms with van der Waals surface area (Å²) in [6, 6.07) is 5.57. The van der Waals surface area contributed by atoms with Crippen molar-refractivity contribution in [3.63, 3.8) is 0 Å². The summed E-state index contributed by atoms with van der Waals surface area (Å²) in [4.78, 5) is 25.8. The van der Waals surface area contributed by atoms with Gasteiger partial charge in [0.25, 0.3) is 5.91 Å². The van der Waals surface area contributed by atoms with Gasteiger partial charge in [0.1, 0.15) is 0 Å². The van der Waals surface area contributed by atoms with Crippen LogP contribution in [-0.2, 0) is 9.53 Å². The standard InChI is InChI=1S/C15H18BrNO3/c1-10-5-6-11(8-13(10)16)14(18)17-7-3-4-12(9-17)15(19)20-2/h5-6,8,12H,3-4,7,9H2,1-2H3. The fraction of sp³-hybridized carbons (Fsp3) is 0.467. The molecule has 1 saturated heterocycles. The first-order valence-electron chi connectivity index (χ1n) is 6.66. The maximum absolute atomic E-state index is 12.5. The second-order valence-corrected chi connectivity index (χ2v) is 5.93. The lowest BCUT2D eigenvalue weighted by Crippen LogP contribution is -2.42. The van der Waals surface area contributed by atoms with Crippen molar-refractivity contribution in [1.82, 2.24) is 4.90 Å². The number of esters is 1. The smallest absolute Gasteiger partial charge is 0.310 e. The van der Waals surface area contributed by atoms with Crippen molar-refractivity contribution in [2.45, 2.75) is 19.8 Å². The lowest BCUT2D eigenvalue weighted by atomic mass is 9.97. The normalized spacial score (nSPS) is 18.8. The van der Waals surface area contributed by atoms with Gasteiger partial charge in [-0.25, -0.2) is 0 Å². The summed E-state index contributed by atoms with van der Waals surface area (Å²) < 4.78 is 5.70. The molecule has 0 aromatic heterocycles. The van der Waals surface area contributed by atoms with E-state index in [1.54, 1.807) is 4.90 Å². The fourth-order valence-electron chi connectivity index (χ4n) is 2.43. The Bertz CT molecular complexity index is 530. The van der Waals surface area contributed by atoms with Crippen LogP contribution in [-0.4, -0.2) is 37.0 Å². The number of nitrogens with zero attached hydrogens (tertiary/aromatic N) is 1. The van der Waals surface area contributed by atoms with E-state index in [4.69, 9.17) is 4.74 Å². The van der Waals surface area contributed by atoms with E-state index in [1.165, 1.54) is 7.11 Å². The lowest BCUT2D eigenvalue weighted by Gasteiger charge is -2.31. The zero-order valence-corrected chi connectivity index (χ0v) is 13.3. The average molecular weight is 340 g/mol. The van der Waals surface area contributed by atoms with E-state index < -0.39 is 0 Å². The highest BCUT2D eigenvalue weighted by atomic mass is 79.9. The number of carbonyl (C=O) groups is 2. The third-order valence-corrected chi connectivity index (χ3v) is 4.52. The van der Waals surface area contributed by atoms with Crippen LogP contribution in [0.25, 0.3) is 0 Å². The van der Waals surface area contributed by atoms with Gasteiger partial charge in [-0.15, -0.1) is 0 Å². The Balaban J connectivity index is 2.12. The van der Waals surface area contributed by atoms with E-state index in [9.17, 15) is 9.59 Å². The van der Waals surface area contributed by atoms with Gasteiger partial charge in [0.05, 0.1) is 13.0 Å². The molecule has 1 heterocycles. The van der Waals surface area contributed by atoms with Crippen molar-refractivity contribution in [2.24, 2.45) is 5.92 Å². The molecule has 1 fully saturated rings. The first-order chi connectivity index (χ1) is 9.52. The molecule has 0 bridgehead atoms. The topological polar surface area (TPSA) is 46.6 Å². The van der Waals surface area contributed by atoms with E-state index >= 15 is 0 Å². The first-order valence-corrected chi connectivity index (χ1v) is 7.45. The number of halogens is 1. The highest BCUT2D eigenvalue weighted by Crippen LogP contribution is 2.22. The molecule has 4 nitrogen and oxygen atoms in total. The van der Waals surface area contributed by atoms with Crippen molar-refractivity contribution in [3.8, 4) is 0 Å². The number of benzene rings is 1. The minimum Gasteiger partial charge on any atom is -0.469 e. The number of amides is 1. The number of likely N-dealkylation sites (tertiary alicyclic amines) is 1. The molecule has 108 valence electrons. The van der Waals surface area contributed by atoms with Gasteiger partial charge in [-0.2, -0.15) is 0 Å². The van der Waals surface area contributed by atoms with Gasteiger partial charge in [0.2, 0.25) is 0 Å². The minimum atomic E-state index is -0.229. The highest BCUT2D eigenvalue weighted by Gasteiger charge is 2.29. The molecule has 1 aromatic rings. The van der Waals surface area contributed by atoms with Crippen LogP contribution in [0.2, 0.25) is 0 Å². The molecule has 0 N–H and O–H groups in total. The molecule has 1 unspecified atom stereocenters. The molecule has 1 aliphatic heterocycles. The number of rotatable bonds is 2. The minimum absolute atomic E-state index is 0.0284. The van der Waals surface area contributed by atoms with Crippen LogP contribution in [0.5, 0.6) is 0 Å². The van der Waals surface area contributed by atoms with E-state index in [0.717, 1.165) is 22.9 Å². The van der Waals surface area contributed by atoms with Gasteiger partial charge in [-0.3, -0.25) is 9.59 Å². The van der Waals surface area contributed by atoms with Gasteiger partial charge in [0, 0.05) is 23.1 Å². The van der Waals surface area contributed by atoms with Crippen LogP contribution < -0.4 is 0 Å². The Morgan fingerprint density at radius 1 is 1.40 bits per heavy atom. The maximum Gasteiger partial charge on any atom is 0.310 e. The largest absolute Gasteiger partial charge is 0.469 e. The summed E-state index contributed by atoms with van der Waals surface area (Å²) in [5, 5.41) is 0. The maximum atomic E-state index is 12.5. The molecule has 1 aromatic carbocycles. The van der Waals surface area contributed by atoms with Crippen LogP contribution in [0.1, 0.15) is 28.8 Å². The summed E-state index contributed by atoms with van der Waals surface area (Å²) in [6.07, 6.45) is 1.62. The van der Waals surface area contributed by atoms with Crippen LogP contribution in [0.4, 0.5) is 0 Å². The zero-order valence-electron chi connectivity index (χ0n) is 11.7. The number of methoxy groups -OCH3 is 1. The second kappa shape index (κ2) is 6.39. The van der Waals surface area contributed by atoms with Crippen molar-refractivity contribution in [2.75, 3.05) is 20.2 Å². The molecule has 1 amide bonds. The van der Waals surface area contributed by atoms with Gasteiger partial charge >= 0.3 is 5.97 Å². The van der Waals surface area contributed by atoms with Crippen LogP contribution in [0.3, 0.4) is 0 Å². The molecule has 0 spiro atoms. The highest BCUT2D eigenvalue weighted by molar-refractivity contribution is 9.10. The summed E-state index contributed by atoms with van der Waals surface area (Å²) in [6.45, 7) is 3.11. The average Bonchev–Trinajstić information content (AvgIpc) is 2.48. The quantitative estimate of drug-likeness (QED) is 0.778.